The molecule has 17 heavy (non-hydrogen) atoms. The van der Waals surface area contributed by atoms with E-state index in [1.165, 1.54) is 4.31 Å². The molecule has 1 atom stereocenters. The van der Waals surface area contributed by atoms with Crippen LogP contribution in [0.5, 0.6) is 0 Å². The maximum absolute atomic E-state index is 11.9. The summed E-state index contributed by atoms with van der Waals surface area (Å²) in [7, 11) is -3.45. The van der Waals surface area contributed by atoms with Crippen molar-refractivity contribution < 1.29 is 13.6 Å². The normalized spacial score (nSPS) is 23.8. The van der Waals surface area contributed by atoms with Crippen LogP contribution >= 0.6 is 0 Å². The van der Waals surface area contributed by atoms with Crippen molar-refractivity contribution in [2.24, 2.45) is 10.9 Å². The average molecular weight is 264 g/mol. The zero-order chi connectivity index (χ0) is 12.9. The minimum Gasteiger partial charge on any atom is -0.409 e. The van der Waals surface area contributed by atoms with Crippen LogP contribution in [0.25, 0.3) is 0 Å². The van der Waals surface area contributed by atoms with Crippen LogP contribution < -0.4 is 10.5 Å². The number of amidine groups is 1. The number of nitrogens with zero attached hydrogens (tertiary/aromatic N) is 2. The molecule has 1 aliphatic heterocycles. The topological polar surface area (TPSA) is 108 Å². The van der Waals surface area contributed by atoms with E-state index in [4.69, 9.17) is 10.9 Å². The van der Waals surface area contributed by atoms with Crippen LogP contribution in [0.4, 0.5) is 0 Å². The molecule has 1 aliphatic rings. The minimum absolute atomic E-state index is 0.0133. The zero-order valence-corrected chi connectivity index (χ0v) is 10.8. The molecule has 1 rings (SSSR count). The third kappa shape index (κ3) is 4.14. The Morgan fingerprint density at radius 2 is 2.29 bits per heavy atom. The first-order valence-corrected chi connectivity index (χ1v) is 7.14. The Hall–Kier alpha value is -0.860. The number of piperidine rings is 1. The molecule has 1 fully saturated rings. The highest BCUT2D eigenvalue weighted by Gasteiger charge is 2.28. The Balaban J connectivity index is 2.50. The summed E-state index contributed by atoms with van der Waals surface area (Å²) in [4.78, 5) is 0. The highest BCUT2D eigenvalue weighted by Crippen LogP contribution is 2.18. The van der Waals surface area contributed by atoms with Crippen molar-refractivity contribution in [3.8, 4) is 0 Å². The molecule has 0 aliphatic carbocycles. The quantitative estimate of drug-likeness (QED) is 0.277. The number of nitrogens with one attached hydrogen (secondary N) is 1. The molecule has 0 radical (unpaired) electrons. The summed E-state index contributed by atoms with van der Waals surface area (Å²) >= 11 is 0. The first-order chi connectivity index (χ1) is 7.97. The third-order valence-corrected chi connectivity index (χ3v) is 4.57. The molecule has 100 valence electrons. The van der Waals surface area contributed by atoms with Crippen molar-refractivity contribution in [1.82, 2.24) is 9.03 Å². The van der Waals surface area contributed by atoms with Gasteiger partial charge in [0.25, 0.3) is 10.2 Å². The van der Waals surface area contributed by atoms with Gasteiger partial charge in [0.1, 0.15) is 5.84 Å². The van der Waals surface area contributed by atoms with Crippen LogP contribution in [0.15, 0.2) is 5.16 Å². The van der Waals surface area contributed by atoms with Gasteiger partial charge in [-0.1, -0.05) is 11.6 Å². The molecule has 0 aromatic rings. The highest BCUT2D eigenvalue weighted by atomic mass is 32.2. The van der Waals surface area contributed by atoms with E-state index >= 15 is 0 Å². The van der Waals surface area contributed by atoms with E-state index in [-0.39, 0.29) is 24.8 Å². The van der Waals surface area contributed by atoms with Crippen LogP contribution in [0.1, 0.15) is 32.6 Å². The van der Waals surface area contributed by atoms with Crippen LogP contribution in [0.2, 0.25) is 0 Å². The largest absolute Gasteiger partial charge is 0.409 e. The fourth-order valence-electron chi connectivity index (χ4n) is 1.87. The van der Waals surface area contributed by atoms with Gasteiger partial charge >= 0.3 is 0 Å². The molecule has 0 amide bonds. The van der Waals surface area contributed by atoms with Gasteiger partial charge in [-0.05, 0) is 19.8 Å². The maximum Gasteiger partial charge on any atom is 0.279 e. The van der Waals surface area contributed by atoms with E-state index in [1.807, 2.05) is 6.92 Å². The first kappa shape index (κ1) is 14.2. The number of oxime groups is 1. The lowest BCUT2D eigenvalue weighted by atomic mass is 10.1. The van der Waals surface area contributed by atoms with E-state index in [1.54, 1.807) is 0 Å². The molecule has 1 heterocycles. The van der Waals surface area contributed by atoms with Gasteiger partial charge in [0.2, 0.25) is 0 Å². The number of nitrogens with two attached hydrogens (primary N) is 1. The Morgan fingerprint density at radius 3 is 2.88 bits per heavy atom. The second-order valence-electron chi connectivity index (χ2n) is 4.20. The number of rotatable bonds is 5. The van der Waals surface area contributed by atoms with Gasteiger partial charge < -0.3 is 10.9 Å². The molecule has 1 saturated heterocycles. The molecule has 8 heteroatoms. The van der Waals surface area contributed by atoms with Crippen molar-refractivity contribution in [2.75, 3.05) is 13.1 Å². The summed E-state index contributed by atoms with van der Waals surface area (Å²) in [6.07, 6.45) is 3.04. The summed E-state index contributed by atoms with van der Waals surface area (Å²) in [6, 6.07) is 0.0325. The first-order valence-electron chi connectivity index (χ1n) is 5.70. The van der Waals surface area contributed by atoms with Crippen LogP contribution in [-0.2, 0) is 10.2 Å². The molecule has 0 bridgehead atoms. The second kappa shape index (κ2) is 6.18. The van der Waals surface area contributed by atoms with Crippen molar-refractivity contribution >= 4 is 16.0 Å². The molecule has 0 aromatic heterocycles. The van der Waals surface area contributed by atoms with Crippen LogP contribution in [0.3, 0.4) is 0 Å². The molecular weight excluding hydrogens is 244 g/mol. The SMILES string of the molecule is CC1CCCCN1S(=O)(=O)NCCC(N)=NO. The predicted molar refractivity (Wildman–Crippen MR) is 65.0 cm³/mol. The van der Waals surface area contributed by atoms with Gasteiger partial charge in [-0.15, -0.1) is 0 Å². The molecule has 1 unspecified atom stereocenters. The third-order valence-electron chi connectivity index (χ3n) is 2.84. The fraction of sp³-hybridized carbons (Fsp3) is 0.889. The molecule has 0 aromatic carbocycles. The van der Waals surface area contributed by atoms with E-state index in [0.29, 0.717) is 6.54 Å². The minimum atomic E-state index is -3.45. The van der Waals surface area contributed by atoms with E-state index in [0.717, 1.165) is 19.3 Å². The zero-order valence-electron chi connectivity index (χ0n) is 9.96. The van der Waals surface area contributed by atoms with Gasteiger partial charge in [-0.3, -0.25) is 0 Å². The standard InChI is InChI=1S/C9H20N4O3S/c1-8-4-2-3-7-13(8)17(15,16)11-6-5-9(10)12-14/h8,11,14H,2-7H2,1H3,(H2,10,12). The van der Waals surface area contributed by atoms with E-state index in [9.17, 15) is 8.42 Å². The fourth-order valence-corrected chi connectivity index (χ4v) is 3.34. The van der Waals surface area contributed by atoms with Crippen molar-refractivity contribution in [1.29, 1.82) is 0 Å². The Labute approximate surface area is 102 Å². The smallest absolute Gasteiger partial charge is 0.279 e. The lowest BCUT2D eigenvalue weighted by molar-refractivity contribution is 0.265. The number of hydrogen-bond donors (Lipinski definition) is 3. The lowest BCUT2D eigenvalue weighted by Crippen LogP contribution is -2.48. The Kier molecular flexibility index (Phi) is 5.16. The summed E-state index contributed by atoms with van der Waals surface area (Å²) in [5.41, 5.74) is 5.26. The Morgan fingerprint density at radius 1 is 1.59 bits per heavy atom. The molecular formula is C9H20N4O3S. The summed E-state index contributed by atoms with van der Waals surface area (Å²) in [5.74, 6) is 0.0133. The highest BCUT2D eigenvalue weighted by molar-refractivity contribution is 7.87. The van der Waals surface area contributed by atoms with Gasteiger partial charge in [0, 0.05) is 25.6 Å². The van der Waals surface area contributed by atoms with Crippen LogP contribution in [0, 0.1) is 0 Å². The van der Waals surface area contributed by atoms with Gasteiger partial charge in [-0.2, -0.15) is 12.7 Å². The molecule has 7 nitrogen and oxygen atoms in total. The summed E-state index contributed by atoms with van der Waals surface area (Å²) in [5, 5.41) is 11.1. The van der Waals surface area contributed by atoms with Crippen molar-refractivity contribution in [2.45, 2.75) is 38.6 Å². The monoisotopic (exact) mass is 264 g/mol. The van der Waals surface area contributed by atoms with E-state index in [2.05, 4.69) is 9.88 Å². The second-order valence-corrected chi connectivity index (χ2v) is 5.90. The average Bonchev–Trinajstić information content (AvgIpc) is 2.28. The lowest BCUT2D eigenvalue weighted by Gasteiger charge is -2.32. The summed E-state index contributed by atoms with van der Waals surface area (Å²) in [6.45, 7) is 2.60. The maximum atomic E-state index is 11.9. The van der Waals surface area contributed by atoms with Crippen LogP contribution in [-0.4, -0.2) is 42.9 Å². The van der Waals surface area contributed by atoms with Gasteiger partial charge in [0.15, 0.2) is 0 Å². The molecule has 0 spiro atoms. The van der Waals surface area contributed by atoms with Crippen molar-refractivity contribution in [3.63, 3.8) is 0 Å². The van der Waals surface area contributed by atoms with Crippen molar-refractivity contribution in [3.05, 3.63) is 0 Å². The number of hydrogen-bond acceptors (Lipinski definition) is 4. The molecule has 0 saturated carbocycles. The van der Waals surface area contributed by atoms with E-state index < -0.39 is 10.2 Å². The van der Waals surface area contributed by atoms with Gasteiger partial charge in [-0.25, -0.2) is 4.72 Å². The predicted octanol–water partition coefficient (Wildman–Crippen LogP) is -0.168. The summed E-state index contributed by atoms with van der Waals surface area (Å²) < 4.78 is 27.8. The van der Waals surface area contributed by atoms with Gasteiger partial charge in [0.05, 0.1) is 0 Å². The molecule has 4 N–H and O–H groups in total. The Bertz CT molecular complexity index is 368.